The number of aromatic nitrogens is 2. The van der Waals surface area contributed by atoms with E-state index >= 15 is 0 Å². The van der Waals surface area contributed by atoms with Crippen molar-refractivity contribution in [3.63, 3.8) is 0 Å². The zero-order valence-electron chi connectivity index (χ0n) is 9.80. The van der Waals surface area contributed by atoms with Crippen molar-refractivity contribution in [2.75, 3.05) is 6.79 Å². The van der Waals surface area contributed by atoms with E-state index in [9.17, 15) is 0 Å². The van der Waals surface area contributed by atoms with Crippen LogP contribution in [0.1, 0.15) is 11.3 Å². The molecule has 1 aromatic heterocycles. The lowest BCUT2D eigenvalue weighted by molar-refractivity contribution is 0.173. The number of rotatable bonds is 4. The highest BCUT2D eigenvalue weighted by Gasteiger charge is 2.16. The highest BCUT2D eigenvalue weighted by atomic mass is 16.7. The Labute approximate surface area is 105 Å². The molecule has 5 nitrogen and oxygen atoms in total. The van der Waals surface area contributed by atoms with E-state index in [1.807, 2.05) is 24.3 Å². The first-order valence-corrected chi connectivity index (χ1v) is 5.76. The Morgan fingerprint density at radius 3 is 3.06 bits per heavy atom. The van der Waals surface area contributed by atoms with Crippen molar-refractivity contribution in [3.8, 4) is 11.5 Å². The molecule has 0 spiro atoms. The largest absolute Gasteiger partial charge is 0.454 e. The molecule has 0 bridgehead atoms. The predicted molar refractivity (Wildman–Crippen MR) is 65.1 cm³/mol. The fourth-order valence-corrected chi connectivity index (χ4v) is 1.88. The molecule has 18 heavy (non-hydrogen) atoms. The Balaban J connectivity index is 1.63. The van der Waals surface area contributed by atoms with Gasteiger partial charge in [-0.25, -0.2) is 9.97 Å². The molecular weight excluding hydrogens is 230 g/mol. The Kier molecular flexibility index (Phi) is 3.06. The normalized spacial score (nSPS) is 12.7. The molecule has 1 aliphatic rings. The minimum Gasteiger partial charge on any atom is -0.454 e. The number of hydrogen-bond donors (Lipinski definition) is 1. The molecule has 0 unspecified atom stereocenters. The lowest BCUT2D eigenvalue weighted by Crippen LogP contribution is -2.14. The van der Waals surface area contributed by atoms with Crippen LogP contribution in [0.25, 0.3) is 0 Å². The summed E-state index contributed by atoms with van der Waals surface area (Å²) in [6.07, 6.45) is 3.29. The van der Waals surface area contributed by atoms with Gasteiger partial charge in [-0.15, -0.1) is 0 Å². The number of nitrogens with one attached hydrogen (secondary N) is 1. The van der Waals surface area contributed by atoms with Gasteiger partial charge in [0.25, 0.3) is 0 Å². The summed E-state index contributed by atoms with van der Waals surface area (Å²) in [6.45, 7) is 1.72. The molecule has 1 aromatic carbocycles. The zero-order valence-corrected chi connectivity index (χ0v) is 9.80. The van der Waals surface area contributed by atoms with E-state index in [-0.39, 0.29) is 0 Å². The summed E-state index contributed by atoms with van der Waals surface area (Å²) in [7, 11) is 0. The molecule has 0 fully saturated rings. The van der Waals surface area contributed by atoms with Crippen LogP contribution in [0.5, 0.6) is 11.5 Å². The molecule has 1 aliphatic heterocycles. The van der Waals surface area contributed by atoms with Crippen molar-refractivity contribution < 1.29 is 9.47 Å². The second-order valence-electron chi connectivity index (χ2n) is 3.96. The summed E-state index contributed by atoms with van der Waals surface area (Å²) in [5.74, 6) is 1.66. The van der Waals surface area contributed by atoms with Gasteiger partial charge in [-0.3, -0.25) is 0 Å². The molecule has 5 heteroatoms. The predicted octanol–water partition coefficient (Wildman–Crippen LogP) is 1.50. The average Bonchev–Trinajstić information content (AvgIpc) is 2.89. The van der Waals surface area contributed by atoms with Gasteiger partial charge in [-0.1, -0.05) is 12.1 Å². The second kappa shape index (κ2) is 5.01. The summed E-state index contributed by atoms with van der Waals surface area (Å²) < 4.78 is 10.8. The molecule has 0 radical (unpaired) electrons. The molecule has 2 heterocycles. The van der Waals surface area contributed by atoms with Crippen LogP contribution in [0.2, 0.25) is 0 Å². The van der Waals surface area contributed by atoms with Crippen LogP contribution in [-0.4, -0.2) is 16.8 Å². The lowest BCUT2D eigenvalue weighted by atomic mass is 10.2. The van der Waals surface area contributed by atoms with Crippen molar-refractivity contribution in [1.29, 1.82) is 0 Å². The summed E-state index contributed by atoms with van der Waals surface area (Å²) in [5, 5.41) is 3.32. The smallest absolute Gasteiger partial charge is 0.231 e. The van der Waals surface area contributed by atoms with E-state index in [1.54, 1.807) is 12.5 Å². The van der Waals surface area contributed by atoms with Crippen LogP contribution in [-0.2, 0) is 13.1 Å². The number of fused-ring (bicyclic) bond motifs is 1. The first-order chi connectivity index (χ1) is 8.93. The quantitative estimate of drug-likeness (QED) is 0.881. The monoisotopic (exact) mass is 243 g/mol. The van der Waals surface area contributed by atoms with E-state index < -0.39 is 0 Å². The van der Waals surface area contributed by atoms with E-state index in [2.05, 4.69) is 15.3 Å². The third-order valence-electron chi connectivity index (χ3n) is 2.74. The number of nitrogens with zero attached hydrogens (tertiary/aromatic N) is 2. The minimum atomic E-state index is 0.304. The molecule has 0 atom stereocenters. The van der Waals surface area contributed by atoms with Crippen molar-refractivity contribution in [3.05, 3.63) is 48.0 Å². The lowest BCUT2D eigenvalue weighted by Gasteiger charge is -2.07. The van der Waals surface area contributed by atoms with Crippen molar-refractivity contribution in [1.82, 2.24) is 15.3 Å². The molecule has 0 amide bonds. The van der Waals surface area contributed by atoms with E-state index in [0.717, 1.165) is 29.3 Å². The van der Waals surface area contributed by atoms with Gasteiger partial charge in [0.05, 0.1) is 5.69 Å². The molecule has 0 saturated heterocycles. The Morgan fingerprint density at radius 2 is 2.17 bits per heavy atom. The van der Waals surface area contributed by atoms with E-state index in [4.69, 9.17) is 9.47 Å². The number of ether oxygens (including phenoxy) is 2. The minimum absolute atomic E-state index is 0.304. The number of hydrogen-bond acceptors (Lipinski definition) is 5. The second-order valence-corrected chi connectivity index (χ2v) is 3.96. The van der Waals surface area contributed by atoms with Crippen LogP contribution >= 0.6 is 0 Å². The molecule has 0 saturated carbocycles. The SMILES string of the molecule is c1cc(CNCc2ccncn2)c2c(c1)OCO2. The van der Waals surface area contributed by atoms with Crippen LogP contribution in [0, 0.1) is 0 Å². The molecule has 1 N–H and O–H groups in total. The molecule has 3 rings (SSSR count). The van der Waals surface area contributed by atoms with Gasteiger partial charge in [-0.05, 0) is 12.1 Å². The average molecular weight is 243 g/mol. The van der Waals surface area contributed by atoms with Gasteiger partial charge in [0.15, 0.2) is 11.5 Å². The fraction of sp³-hybridized carbons (Fsp3) is 0.231. The van der Waals surface area contributed by atoms with Crippen LogP contribution in [0.3, 0.4) is 0 Å². The van der Waals surface area contributed by atoms with Crippen LogP contribution in [0.4, 0.5) is 0 Å². The van der Waals surface area contributed by atoms with Crippen molar-refractivity contribution in [2.45, 2.75) is 13.1 Å². The summed E-state index contributed by atoms with van der Waals surface area (Å²) in [4.78, 5) is 8.04. The maximum Gasteiger partial charge on any atom is 0.231 e. The standard InChI is InChI=1S/C13H13N3O2/c1-2-10(13-12(3-1)17-9-18-13)6-15-7-11-4-5-14-8-16-11/h1-5,8,15H,6-7,9H2. The third-order valence-corrected chi connectivity index (χ3v) is 2.74. The Bertz CT molecular complexity index is 531. The van der Waals surface area contributed by atoms with Gasteiger partial charge in [0, 0.05) is 24.8 Å². The first kappa shape index (κ1) is 11.0. The summed E-state index contributed by atoms with van der Waals surface area (Å²) in [5.41, 5.74) is 2.06. The topological polar surface area (TPSA) is 56.3 Å². The highest BCUT2D eigenvalue weighted by molar-refractivity contribution is 5.48. The molecule has 92 valence electrons. The van der Waals surface area contributed by atoms with Crippen molar-refractivity contribution >= 4 is 0 Å². The van der Waals surface area contributed by atoms with Crippen molar-refractivity contribution in [2.24, 2.45) is 0 Å². The molecule has 0 aliphatic carbocycles. The highest BCUT2D eigenvalue weighted by Crippen LogP contribution is 2.35. The maximum atomic E-state index is 5.44. The summed E-state index contributed by atoms with van der Waals surface area (Å²) in [6, 6.07) is 7.80. The van der Waals surface area contributed by atoms with Gasteiger partial charge in [-0.2, -0.15) is 0 Å². The van der Waals surface area contributed by atoms with E-state index in [1.165, 1.54) is 0 Å². The zero-order chi connectivity index (χ0) is 12.2. The van der Waals surface area contributed by atoms with Crippen LogP contribution < -0.4 is 14.8 Å². The van der Waals surface area contributed by atoms with Crippen LogP contribution in [0.15, 0.2) is 36.8 Å². The Morgan fingerprint density at radius 1 is 1.17 bits per heavy atom. The molecule has 2 aromatic rings. The van der Waals surface area contributed by atoms with Gasteiger partial charge < -0.3 is 14.8 Å². The van der Waals surface area contributed by atoms with Gasteiger partial charge in [0.1, 0.15) is 6.33 Å². The number of para-hydroxylation sites is 1. The van der Waals surface area contributed by atoms with E-state index in [0.29, 0.717) is 13.3 Å². The molecular formula is C13H13N3O2. The van der Waals surface area contributed by atoms with Gasteiger partial charge >= 0.3 is 0 Å². The number of benzene rings is 1. The summed E-state index contributed by atoms with van der Waals surface area (Å²) >= 11 is 0. The fourth-order valence-electron chi connectivity index (χ4n) is 1.88. The Hall–Kier alpha value is -2.14. The third kappa shape index (κ3) is 2.26. The first-order valence-electron chi connectivity index (χ1n) is 5.76. The maximum absolute atomic E-state index is 5.44. The van der Waals surface area contributed by atoms with Gasteiger partial charge in [0.2, 0.25) is 6.79 Å².